The maximum Gasteiger partial charge on any atom is 0.272 e. The lowest BCUT2D eigenvalue weighted by molar-refractivity contribution is 0.0944. The van der Waals surface area contributed by atoms with Crippen molar-refractivity contribution in [1.82, 2.24) is 14.9 Å². The number of carbonyl (C=O) groups is 1. The fourth-order valence-electron chi connectivity index (χ4n) is 2.62. The summed E-state index contributed by atoms with van der Waals surface area (Å²) in [6.07, 6.45) is 1.83. The Labute approximate surface area is 140 Å². The molecule has 3 rings (SSSR count). The van der Waals surface area contributed by atoms with Gasteiger partial charge in [0, 0.05) is 12.7 Å². The topological polar surface area (TPSA) is 46.4 Å². The van der Waals surface area contributed by atoms with E-state index >= 15 is 0 Å². The summed E-state index contributed by atoms with van der Waals surface area (Å²) in [5.41, 5.74) is 3.16. The first-order valence-corrected chi connectivity index (χ1v) is 7.86. The summed E-state index contributed by atoms with van der Waals surface area (Å²) < 4.78 is 14.7. The summed E-state index contributed by atoms with van der Waals surface area (Å²) in [6.45, 7) is 6.65. The highest BCUT2D eigenvalue weighted by Gasteiger charge is 2.21. The van der Waals surface area contributed by atoms with Crippen molar-refractivity contribution in [3.8, 4) is 0 Å². The number of halogens is 1. The second-order valence-corrected chi connectivity index (χ2v) is 6.84. The Balaban J connectivity index is 1.85. The van der Waals surface area contributed by atoms with Gasteiger partial charge in [0.25, 0.3) is 5.91 Å². The number of carbonyl (C=O) groups excluding carboxylic acids is 1. The highest BCUT2D eigenvalue weighted by molar-refractivity contribution is 5.92. The highest BCUT2D eigenvalue weighted by atomic mass is 19.1. The second kappa shape index (κ2) is 6.07. The van der Waals surface area contributed by atoms with E-state index in [-0.39, 0.29) is 17.1 Å². The van der Waals surface area contributed by atoms with Gasteiger partial charge in [-0.15, -0.1) is 0 Å². The van der Waals surface area contributed by atoms with E-state index in [1.807, 2.05) is 24.4 Å². The van der Waals surface area contributed by atoms with Gasteiger partial charge in [-0.3, -0.25) is 4.79 Å². The van der Waals surface area contributed by atoms with Gasteiger partial charge < -0.3 is 5.32 Å². The summed E-state index contributed by atoms with van der Waals surface area (Å²) in [7, 11) is 0. The number of aromatic nitrogens is 2. The van der Waals surface area contributed by atoms with Crippen LogP contribution in [0.1, 0.15) is 42.4 Å². The van der Waals surface area contributed by atoms with Gasteiger partial charge in [-0.05, 0) is 46.9 Å². The van der Waals surface area contributed by atoms with Gasteiger partial charge in [-0.1, -0.05) is 32.9 Å². The van der Waals surface area contributed by atoms with Crippen LogP contribution in [0, 0.1) is 5.82 Å². The molecule has 5 heteroatoms. The summed E-state index contributed by atoms with van der Waals surface area (Å²) in [5.74, 6) is -0.542. The molecule has 0 atom stereocenters. The van der Waals surface area contributed by atoms with Crippen molar-refractivity contribution in [2.75, 3.05) is 0 Å². The second-order valence-electron chi connectivity index (χ2n) is 6.84. The molecular formula is C19H20FN3O. The molecule has 1 aromatic carbocycles. The van der Waals surface area contributed by atoms with E-state index < -0.39 is 0 Å². The molecule has 0 radical (unpaired) electrons. The van der Waals surface area contributed by atoms with Crippen molar-refractivity contribution < 1.29 is 9.18 Å². The van der Waals surface area contributed by atoms with Crippen LogP contribution in [0.2, 0.25) is 0 Å². The minimum absolute atomic E-state index is 0.103. The Morgan fingerprint density at radius 3 is 2.58 bits per heavy atom. The Bertz CT molecular complexity index is 876. The number of nitrogens with one attached hydrogen (secondary N) is 1. The minimum Gasteiger partial charge on any atom is -0.347 e. The Hall–Kier alpha value is -2.69. The lowest BCUT2D eigenvalue weighted by Crippen LogP contribution is -2.26. The molecule has 24 heavy (non-hydrogen) atoms. The SMILES string of the molecule is CC(C)(C)c1cc(C(=O)NCc2ccc(F)cc2)nn2cccc12. The molecule has 4 nitrogen and oxygen atoms in total. The van der Waals surface area contributed by atoms with E-state index in [1.54, 1.807) is 16.6 Å². The van der Waals surface area contributed by atoms with Crippen LogP contribution < -0.4 is 5.32 Å². The molecule has 3 aromatic rings. The van der Waals surface area contributed by atoms with Crippen LogP contribution >= 0.6 is 0 Å². The molecule has 1 N–H and O–H groups in total. The standard InChI is InChI=1S/C19H20FN3O/c1-19(2,3)15-11-16(22-23-10-4-5-17(15)23)18(24)21-12-13-6-8-14(20)9-7-13/h4-11H,12H2,1-3H3,(H,21,24). The molecule has 0 bridgehead atoms. The maximum absolute atomic E-state index is 12.9. The number of hydrogen-bond donors (Lipinski definition) is 1. The molecule has 0 aliphatic heterocycles. The zero-order valence-electron chi connectivity index (χ0n) is 14.0. The summed E-state index contributed by atoms with van der Waals surface area (Å²) in [5, 5.41) is 7.21. The number of rotatable bonds is 3. The first kappa shape index (κ1) is 16.2. The fourth-order valence-corrected chi connectivity index (χ4v) is 2.62. The fraction of sp³-hybridized carbons (Fsp3) is 0.263. The van der Waals surface area contributed by atoms with Crippen LogP contribution in [-0.4, -0.2) is 15.5 Å². The summed E-state index contributed by atoms with van der Waals surface area (Å²) in [4.78, 5) is 12.5. The van der Waals surface area contributed by atoms with Gasteiger partial charge >= 0.3 is 0 Å². The molecule has 1 amide bonds. The summed E-state index contributed by atoms with van der Waals surface area (Å²) in [6, 6.07) is 11.8. The third-order valence-corrected chi connectivity index (χ3v) is 3.91. The Morgan fingerprint density at radius 1 is 1.21 bits per heavy atom. The average Bonchev–Trinajstić information content (AvgIpc) is 3.00. The van der Waals surface area contributed by atoms with Gasteiger partial charge in [-0.2, -0.15) is 5.10 Å². The monoisotopic (exact) mass is 325 g/mol. The zero-order valence-corrected chi connectivity index (χ0v) is 14.0. The molecular weight excluding hydrogens is 305 g/mol. The lowest BCUT2D eigenvalue weighted by atomic mass is 9.86. The molecule has 2 aromatic heterocycles. The molecule has 0 saturated heterocycles. The zero-order chi connectivity index (χ0) is 17.3. The average molecular weight is 325 g/mol. The van der Waals surface area contributed by atoms with Gasteiger partial charge in [0.2, 0.25) is 0 Å². The van der Waals surface area contributed by atoms with Crippen molar-refractivity contribution in [3.05, 3.63) is 71.3 Å². The van der Waals surface area contributed by atoms with Crippen molar-refractivity contribution in [3.63, 3.8) is 0 Å². The van der Waals surface area contributed by atoms with Crippen molar-refractivity contribution in [2.24, 2.45) is 0 Å². The van der Waals surface area contributed by atoms with Crippen LogP contribution in [0.15, 0.2) is 48.7 Å². The van der Waals surface area contributed by atoms with E-state index in [0.29, 0.717) is 12.2 Å². The van der Waals surface area contributed by atoms with E-state index in [1.165, 1.54) is 12.1 Å². The lowest BCUT2D eigenvalue weighted by Gasteiger charge is -2.21. The van der Waals surface area contributed by atoms with Crippen LogP contribution in [0.25, 0.3) is 5.52 Å². The quantitative estimate of drug-likeness (QED) is 0.798. The van der Waals surface area contributed by atoms with E-state index in [0.717, 1.165) is 16.6 Å². The molecule has 0 aliphatic rings. The Morgan fingerprint density at radius 2 is 1.92 bits per heavy atom. The van der Waals surface area contributed by atoms with Crippen LogP contribution in [0.5, 0.6) is 0 Å². The number of hydrogen-bond acceptors (Lipinski definition) is 2. The van der Waals surface area contributed by atoms with Gasteiger partial charge in [0.1, 0.15) is 11.5 Å². The van der Waals surface area contributed by atoms with Gasteiger partial charge in [-0.25, -0.2) is 8.91 Å². The molecule has 0 aliphatic carbocycles. The van der Waals surface area contributed by atoms with Crippen molar-refractivity contribution >= 4 is 11.4 Å². The van der Waals surface area contributed by atoms with Gasteiger partial charge in [0.05, 0.1) is 5.52 Å². The molecule has 0 saturated carbocycles. The molecule has 0 unspecified atom stereocenters. The molecule has 0 spiro atoms. The first-order chi connectivity index (χ1) is 11.3. The highest BCUT2D eigenvalue weighted by Crippen LogP contribution is 2.27. The van der Waals surface area contributed by atoms with Crippen LogP contribution in [0.4, 0.5) is 4.39 Å². The number of fused-ring (bicyclic) bond motifs is 1. The van der Waals surface area contributed by atoms with Gasteiger partial charge in [0.15, 0.2) is 0 Å². The van der Waals surface area contributed by atoms with Crippen LogP contribution in [0.3, 0.4) is 0 Å². The molecule has 0 fully saturated rings. The third kappa shape index (κ3) is 3.30. The summed E-state index contributed by atoms with van der Waals surface area (Å²) >= 11 is 0. The number of nitrogens with zero attached hydrogens (tertiary/aromatic N) is 2. The smallest absolute Gasteiger partial charge is 0.272 e. The predicted molar refractivity (Wildman–Crippen MR) is 91.5 cm³/mol. The van der Waals surface area contributed by atoms with Crippen LogP contribution in [-0.2, 0) is 12.0 Å². The van der Waals surface area contributed by atoms with Crippen molar-refractivity contribution in [1.29, 1.82) is 0 Å². The maximum atomic E-state index is 12.9. The first-order valence-electron chi connectivity index (χ1n) is 7.86. The Kier molecular flexibility index (Phi) is 4.09. The van der Waals surface area contributed by atoms with Crippen molar-refractivity contribution in [2.45, 2.75) is 32.7 Å². The number of benzene rings is 1. The molecule has 2 heterocycles. The third-order valence-electron chi connectivity index (χ3n) is 3.91. The van der Waals surface area contributed by atoms with E-state index in [4.69, 9.17) is 0 Å². The molecule has 124 valence electrons. The van der Waals surface area contributed by atoms with E-state index in [9.17, 15) is 9.18 Å². The number of amides is 1. The predicted octanol–water partition coefficient (Wildman–Crippen LogP) is 3.70. The normalized spacial score (nSPS) is 11.7. The largest absolute Gasteiger partial charge is 0.347 e. The minimum atomic E-state index is -0.292. The van der Waals surface area contributed by atoms with E-state index in [2.05, 4.69) is 31.2 Å².